The van der Waals surface area contributed by atoms with Crippen LogP contribution in [0.4, 0.5) is 5.69 Å². The highest BCUT2D eigenvalue weighted by Gasteiger charge is 2.23. The van der Waals surface area contributed by atoms with Crippen molar-refractivity contribution in [2.24, 2.45) is 0 Å². The van der Waals surface area contributed by atoms with E-state index >= 15 is 0 Å². The number of fused-ring (bicyclic) bond motifs is 1. The number of carbonyl (C=O) groups is 2. The van der Waals surface area contributed by atoms with Gasteiger partial charge in [0, 0.05) is 17.8 Å². The molecule has 1 aromatic heterocycles. The highest BCUT2D eigenvalue weighted by molar-refractivity contribution is 7.16. The summed E-state index contributed by atoms with van der Waals surface area (Å²) in [4.78, 5) is 31.9. The Hall–Kier alpha value is -2.99. The molecule has 4 rings (SSSR count). The molecule has 0 unspecified atom stereocenters. The van der Waals surface area contributed by atoms with Gasteiger partial charge >= 0.3 is 0 Å². The molecule has 2 aromatic carbocycles. The van der Waals surface area contributed by atoms with E-state index in [1.54, 1.807) is 11.1 Å². The molecule has 5 nitrogen and oxygen atoms in total. The van der Waals surface area contributed by atoms with Gasteiger partial charge in [-0.05, 0) is 43.9 Å². The van der Waals surface area contributed by atoms with Gasteiger partial charge in [0.25, 0.3) is 5.91 Å². The summed E-state index contributed by atoms with van der Waals surface area (Å²) < 4.78 is 0. The molecular formula is C23H23N3O2S. The van der Waals surface area contributed by atoms with Crippen molar-refractivity contribution in [2.45, 2.75) is 26.7 Å². The molecule has 0 aliphatic carbocycles. The molecule has 1 N–H and O–H groups in total. The number of carbonyl (C=O) groups excluding carboxylic acids is 2. The predicted octanol–water partition coefficient (Wildman–Crippen LogP) is 4.14. The summed E-state index contributed by atoms with van der Waals surface area (Å²) in [6, 6.07) is 14.1. The van der Waals surface area contributed by atoms with E-state index in [1.165, 1.54) is 22.5 Å². The number of nitrogens with one attached hydrogen (secondary N) is 1. The lowest BCUT2D eigenvalue weighted by atomic mass is 10.0. The minimum absolute atomic E-state index is 0.0238. The van der Waals surface area contributed by atoms with E-state index in [9.17, 15) is 9.59 Å². The first-order valence-electron chi connectivity index (χ1n) is 9.73. The van der Waals surface area contributed by atoms with Crippen molar-refractivity contribution in [1.82, 2.24) is 10.3 Å². The number of amides is 2. The topological polar surface area (TPSA) is 62.3 Å². The fourth-order valence-electron chi connectivity index (χ4n) is 3.69. The van der Waals surface area contributed by atoms with Crippen molar-refractivity contribution in [3.63, 3.8) is 0 Å². The summed E-state index contributed by atoms with van der Waals surface area (Å²) in [6.07, 6.45) is 3.49. The molecule has 29 heavy (non-hydrogen) atoms. The zero-order chi connectivity index (χ0) is 20.4. The maximum atomic E-state index is 12.7. The van der Waals surface area contributed by atoms with Gasteiger partial charge in [-0.15, -0.1) is 11.3 Å². The molecule has 0 fully saturated rings. The monoisotopic (exact) mass is 405 g/mol. The molecule has 0 saturated carbocycles. The summed E-state index contributed by atoms with van der Waals surface area (Å²) in [5.41, 5.74) is 5.48. The predicted molar refractivity (Wildman–Crippen MR) is 116 cm³/mol. The quantitative estimate of drug-likeness (QED) is 0.710. The average molecular weight is 406 g/mol. The Morgan fingerprint density at radius 1 is 1.17 bits per heavy atom. The Bertz CT molecular complexity index is 1070. The van der Waals surface area contributed by atoms with Crippen LogP contribution in [-0.4, -0.2) is 29.9 Å². The Morgan fingerprint density at radius 2 is 2.00 bits per heavy atom. The second kappa shape index (κ2) is 8.17. The fourth-order valence-corrected chi connectivity index (χ4v) is 4.61. The van der Waals surface area contributed by atoms with E-state index in [1.807, 2.05) is 37.3 Å². The largest absolute Gasteiger partial charge is 0.342 e. The van der Waals surface area contributed by atoms with Crippen molar-refractivity contribution in [3.05, 3.63) is 70.2 Å². The Balaban J connectivity index is 1.42. The smallest absolute Gasteiger partial charge is 0.263 e. The van der Waals surface area contributed by atoms with Crippen LogP contribution in [0.3, 0.4) is 0 Å². The maximum Gasteiger partial charge on any atom is 0.263 e. The van der Waals surface area contributed by atoms with Gasteiger partial charge in [0.2, 0.25) is 5.91 Å². The third-order valence-electron chi connectivity index (χ3n) is 5.15. The minimum Gasteiger partial charge on any atom is -0.342 e. The number of nitrogens with zero attached hydrogens (tertiary/aromatic N) is 2. The van der Waals surface area contributed by atoms with Crippen LogP contribution in [0.5, 0.6) is 0 Å². The number of anilines is 1. The molecule has 1 aliphatic heterocycles. The molecule has 6 heteroatoms. The van der Waals surface area contributed by atoms with Crippen LogP contribution in [0, 0.1) is 13.8 Å². The van der Waals surface area contributed by atoms with Crippen LogP contribution in [-0.2, 0) is 11.2 Å². The number of benzene rings is 2. The number of thiazole rings is 1. The van der Waals surface area contributed by atoms with Gasteiger partial charge in [-0.1, -0.05) is 42.0 Å². The van der Waals surface area contributed by atoms with Crippen LogP contribution >= 0.6 is 11.3 Å². The molecule has 148 valence electrons. The number of hydrogen-bond donors (Lipinski definition) is 1. The van der Waals surface area contributed by atoms with Gasteiger partial charge < -0.3 is 10.2 Å². The maximum absolute atomic E-state index is 12.7. The SMILES string of the molecule is Cc1ccc(-c2ncc(C(=O)NCC(=O)N3CCCc4ccccc43)s2)c(C)c1. The first-order valence-corrected chi connectivity index (χ1v) is 10.5. The Kier molecular flexibility index (Phi) is 5.45. The van der Waals surface area contributed by atoms with Crippen molar-refractivity contribution in [3.8, 4) is 10.6 Å². The number of aromatic nitrogens is 1. The van der Waals surface area contributed by atoms with Gasteiger partial charge in [0.05, 0.1) is 12.7 Å². The molecule has 3 aromatic rings. The van der Waals surface area contributed by atoms with Crippen molar-refractivity contribution < 1.29 is 9.59 Å². The van der Waals surface area contributed by atoms with Crippen LogP contribution in [0.2, 0.25) is 0 Å². The van der Waals surface area contributed by atoms with Crippen LogP contribution < -0.4 is 10.2 Å². The number of hydrogen-bond acceptors (Lipinski definition) is 4. The summed E-state index contributed by atoms with van der Waals surface area (Å²) in [5, 5.41) is 3.56. The van der Waals surface area contributed by atoms with E-state index in [-0.39, 0.29) is 18.4 Å². The van der Waals surface area contributed by atoms with E-state index in [0.717, 1.165) is 34.7 Å². The molecule has 0 bridgehead atoms. The Labute approximate surface area is 174 Å². The van der Waals surface area contributed by atoms with Crippen LogP contribution in [0.1, 0.15) is 32.8 Å². The van der Waals surface area contributed by atoms with Crippen molar-refractivity contribution in [1.29, 1.82) is 0 Å². The molecule has 1 aliphatic rings. The Morgan fingerprint density at radius 3 is 2.83 bits per heavy atom. The zero-order valence-corrected chi connectivity index (χ0v) is 17.4. The molecule has 2 heterocycles. The van der Waals surface area contributed by atoms with E-state index < -0.39 is 0 Å². The summed E-state index contributed by atoms with van der Waals surface area (Å²) in [5.74, 6) is -0.359. The van der Waals surface area contributed by atoms with Crippen molar-refractivity contribution >= 4 is 28.8 Å². The molecule has 0 saturated heterocycles. The third-order valence-corrected chi connectivity index (χ3v) is 6.18. The first kappa shape index (κ1) is 19.3. The highest BCUT2D eigenvalue weighted by atomic mass is 32.1. The standard InChI is InChI=1S/C23H23N3O2S/c1-15-9-10-18(16(2)12-15)23-25-13-20(29-23)22(28)24-14-21(27)26-11-5-7-17-6-3-4-8-19(17)26/h3-4,6,8-10,12-13H,5,7,11,14H2,1-2H3,(H,24,28). The third kappa shape index (κ3) is 4.07. The summed E-state index contributed by atoms with van der Waals surface area (Å²) >= 11 is 1.34. The van der Waals surface area contributed by atoms with E-state index in [4.69, 9.17) is 0 Å². The second-order valence-corrected chi connectivity index (χ2v) is 8.34. The number of aryl methyl sites for hydroxylation is 3. The van der Waals surface area contributed by atoms with Gasteiger partial charge in [-0.25, -0.2) is 4.98 Å². The van der Waals surface area contributed by atoms with Gasteiger partial charge in [-0.2, -0.15) is 0 Å². The summed E-state index contributed by atoms with van der Waals surface area (Å²) in [7, 11) is 0. The minimum atomic E-state index is -0.267. The normalized spacial score (nSPS) is 13.1. The molecule has 0 atom stereocenters. The van der Waals surface area contributed by atoms with Gasteiger partial charge in [0.1, 0.15) is 9.88 Å². The second-order valence-electron chi connectivity index (χ2n) is 7.31. The van der Waals surface area contributed by atoms with Crippen molar-refractivity contribution in [2.75, 3.05) is 18.0 Å². The molecule has 2 amide bonds. The van der Waals surface area contributed by atoms with E-state index in [2.05, 4.69) is 29.4 Å². The number of rotatable bonds is 4. The van der Waals surface area contributed by atoms with Gasteiger partial charge in [0.15, 0.2) is 0 Å². The molecule has 0 spiro atoms. The van der Waals surface area contributed by atoms with Gasteiger partial charge in [-0.3, -0.25) is 9.59 Å². The molecular weight excluding hydrogens is 382 g/mol. The lowest BCUT2D eigenvalue weighted by molar-refractivity contribution is -0.117. The number of para-hydroxylation sites is 1. The van der Waals surface area contributed by atoms with Crippen LogP contribution in [0.15, 0.2) is 48.7 Å². The average Bonchev–Trinajstić information content (AvgIpc) is 3.21. The fraction of sp³-hybridized carbons (Fsp3) is 0.261. The van der Waals surface area contributed by atoms with Crippen LogP contribution in [0.25, 0.3) is 10.6 Å². The first-order chi connectivity index (χ1) is 14.0. The highest BCUT2D eigenvalue weighted by Crippen LogP contribution is 2.29. The zero-order valence-electron chi connectivity index (χ0n) is 16.6. The lowest BCUT2D eigenvalue weighted by Crippen LogP contribution is -2.42. The lowest BCUT2D eigenvalue weighted by Gasteiger charge is -2.29. The molecule has 0 radical (unpaired) electrons. The summed E-state index contributed by atoms with van der Waals surface area (Å²) in [6.45, 7) is 4.75. The van der Waals surface area contributed by atoms with E-state index in [0.29, 0.717) is 11.4 Å².